The van der Waals surface area contributed by atoms with Crippen LogP contribution in [0.5, 0.6) is 0 Å². The van der Waals surface area contributed by atoms with Gasteiger partial charge in [-0.1, -0.05) is 0 Å². The summed E-state index contributed by atoms with van der Waals surface area (Å²) in [6, 6.07) is 2.38. The van der Waals surface area contributed by atoms with Crippen LogP contribution < -0.4 is 11.1 Å². The van der Waals surface area contributed by atoms with E-state index in [4.69, 9.17) is 17.3 Å². The number of benzene rings is 1. The number of aromatic nitrogens is 2. The first-order valence-electron chi connectivity index (χ1n) is 5.92. The van der Waals surface area contributed by atoms with Crippen LogP contribution in [0.3, 0.4) is 0 Å². The quantitative estimate of drug-likeness (QED) is 0.820. The van der Waals surface area contributed by atoms with Crippen molar-refractivity contribution < 1.29 is 9.18 Å². The SMILES string of the molecule is CC(Cl)c1nc2cc(Br)c(F)cc2n1CCNC(N)=O. The van der Waals surface area contributed by atoms with E-state index in [9.17, 15) is 9.18 Å². The maximum absolute atomic E-state index is 13.7. The molecule has 5 nitrogen and oxygen atoms in total. The first-order valence-corrected chi connectivity index (χ1v) is 7.15. The van der Waals surface area contributed by atoms with E-state index in [2.05, 4.69) is 26.2 Å². The van der Waals surface area contributed by atoms with Crippen LogP contribution in [0.15, 0.2) is 16.6 Å². The molecule has 1 heterocycles. The number of amides is 2. The number of urea groups is 1. The van der Waals surface area contributed by atoms with Crippen LogP contribution in [0.25, 0.3) is 11.0 Å². The molecule has 0 spiro atoms. The zero-order valence-corrected chi connectivity index (χ0v) is 13.0. The third kappa shape index (κ3) is 3.04. The van der Waals surface area contributed by atoms with Crippen LogP contribution in [0, 0.1) is 5.82 Å². The summed E-state index contributed by atoms with van der Waals surface area (Å²) in [6.45, 7) is 2.51. The summed E-state index contributed by atoms with van der Waals surface area (Å²) in [5, 5.41) is 2.15. The molecule has 2 amide bonds. The molecular weight excluding hydrogens is 351 g/mol. The molecule has 3 N–H and O–H groups in total. The van der Waals surface area contributed by atoms with E-state index in [1.54, 1.807) is 17.6 Å². The smallest absolute Gasteiger partial charge is 0.312 e. The Morgan fingerprint density at radius 2 is 2.35 bits per heavy atom. The van der Waals surface area contributed by atoms with Crippen molar-refractivity contribution in [2.45, 2.75) is 18.8 Å². The molecule has 0 bridgehead atoms. The standard InChI is InChI=1S/C12H13BrClFN4O/c1-6(14)11-18-9-4-7(13)8(15)5-10(9)19(11)3-2-17-12(16)20/h4-6H,2-3H2,1H3,(H3,16,17,20). The van der Waals surface area contributed by atoms with Crippen LogP contribution in [0.2, 0.25) is 0 Å². The van der Waals surface area contributed by atoms with Gasteiger partial charge in [0.15, 0.2) is 0 Å². The Hall–Kier alpha value is -1.34. The normalized spacial score (nSPS) is 12.6. The van der Waals surface area contributed by atoms with E-state index in [0.717, 1.165) is 0 Å². The zero-order valence-electron chi connectivity index (χ0n) is 10.7. The van der Waals surface area contributed by atoms with Crippen molar-refractivity contribution in [1.82, 2.24) is 14.9 Å². The zero-order chi connectivity index (χ0) is 14.9. The van der Waals surface area contributed by atoms with Crippen molar-refractivity contribution in [3.05, 3.63) is 28.2 Å². The predicted molar refractivity (Wildman–Crippen MR) is 79.2 cm³/mol. The minimum Gasteiger partial charge on any atom is -0.352 e. The van der Waals surface area contributed by atoms with Crippen molar-refractivity contribution in [3.8, 4) is 0 Å². The fourth-order valence-corrected chi connectivity index (χ4v) is 2.47. The number of halogens is 3. The number of imidazole rings is 1. The summed E-state index contributed by atoms with van der Waals surface area (Å²) in [7, 11) is 0. The number of alkyl halides is 1. The van der Waals surface area contributed by atoms with E-state index in [-0.39, 0.29) is 11.2 Å². The number of primary amides is 1. The molecule has 0 radical (unpaired) electrons. The van der Waals surface area contributed by atoms with Crippen molar-refractivity contribution in [1.29, 1.82) is 0 Å². The Kier molecular flexibility index (Phi) is 4.49. The van der Waals surface area contributed by atoms with Crippen LogP contribution in [-0.4, -0.2) is 22.1 Å². The van der Waals surface area contributed by atoms with E-state index in [0.29, 0.717) is 34.4 Å². The number of nitrogens with one attached hydrogen (secondary N) is 1. The molecule has 1 atom stereocenters. The average molecular weight is 364 g/mol. The van der Waals surface area contributed by atoms with Gasteiger partial charge in [-0.15, -0.1) is 11.6 Å². The van der Waals surface area contributed by atoms with Gasteiger partial charge in [0.25, 0.3) is 0 Å². The first-order chi connectivity index (χ1) is 9.40. The van der Waals surface area contributed by atoms with Gasteiger partial charge in [0.1, 0.15) is 11.6 Å². The van der Waals surface area contributed by atoms with Crippen LogP contribution in [0.1, 0.15) is 18.1 Å². The van der Waals surface area contributed by atoms with Gasteiger partial charge >= 0.3 is 6.03 Å². The highest BCUT2D eigenvalue weighted by molar-refractivity contribution is 9.10. The molecule has 0 saturated carbocycles. The van der Waals surface area contributed by atoms with Gasteiger partial charge in [-0.2, -0.15) is 0 Å². The molecule has 8 heteroatoms. The summed E-state index contributed by atoms with van der Waals surface area (Å²) < 4.78 is 15.8. The molecule has 0 saturated heterocycles. The van der Waals surface area contributed by atoms with Crippen LogP contribution in [0.4, 0.5) is 9.18 Å². The number of hydrogen-bond donors (Lipinski definition) is 2. The molecule has 1 aromatic carbocycles. The average Bonchev–Trinajstić information content (AvgIpc) is 2.68. The summed E-state index contributed by atoms with van der Waals surface area (Å²) in [4.78, 5) is 15.1. The number of nitrogens with zero attached hydrogens (tertiary/aromatic N) is 2. The number of rotatable bonds is 4. The molecule has 2 aromatic rings. The van der Waals surface area contributed by atoms with Crippen LogP contribution in [-0.2, 0) is 6.54 Å². The molecule has 0 aliphatic heterocycles. The van der Waals surface area contributed by atoms with E-state index < -0.39 is 6.03 Å². The number of hydrogen-bond acceptors (Lipinski definition) is 2. The highest BCUT2D eigenvalue weighted by atomic mass is 79.9. The third-order valence-corrected chi connectivity index (χ3v) is 3.61. The fraction of sp³-hybridized carbons (Fsp3) is 0.333. The number of carbonyl (C=O) groups is 1. The molecule has 0 aliphatic rings. The Morgan fingerprint density at radius 3 is 2.95 bits per heavy atom. The largest absolute Gasteiger partial charge is 0.352 e. The molecule has 0 aliphatic carbocycles. The summed E-state index contributed by atoms with van der Waals surface area (Å²) >= 11 is 9.23. The highest BCUT2D eigenvalue weighted by Gasteiger charge is 2.16. The van der Waals surface area contributed by atoms with Gasteiger partial charge in [0.2, 0.25) is 0 Å². The Morgan fingerprint density at radius 1 is 1.65 bits per heavy atom. The monoisotopic (exact) mass is 362 g/mol. The predicted octanol–water partition coefficient (Wildman–Crippen LogP) is 2.91. The number of nitrogens with two attached hydrogens (primary N) is 1. The molecular formula is C12H13BrClFN4O. The Labute approximate surface area is 128 Å². The lowest BCUT2D eigenvalue weighted by Crippen LogP contribution is -2.32. The molecule has 0 fully saturated rings. The molecule has 1 unspecified atom stereocenters. The van der Waals surface area contributed by atoms with Gasteiger partial charge in [-0.3, -0.25) is 0 Å². The number of fused-ring (bicyclic) bond motifs is 1. The summed E-state index contributed by atoms with van der Waals surface area (Å²) in [5.41, 5.74) is 6.28. The lowest BCUT2D eigenvalue weighted by Gasteiger charge is -2.10. The maximum atomic E-state index is 13.7. The minimum absolute atomic E-state index is 0.315. The second kappa shape index (κ2) is 5.97. The first kappa shape index (κ1) is 15.1. The lowest BCUT2D eigenvalue weighted by molar-refractivity contribution is 0.248. The van der Waals surface area contributed by atoms with E-state index in [1.165, 1.54) is 6.07 Å². The summed E-state index contributed by atoms with van der Waals surface area (Å²) in [5.74, 6) is 0.237. The molecule has 20 heavy (non-hydrogen) atoms. The minimum atomic E-state index is -0.608. The van der Waals surface area contributed by atoms with E-state index >= 15 is 0 Å². The highest BCUT2D eigenvalue weighted by Crippen LogP contribution is 2.28. The van der Waals surface area contributed by atoms with Crippen LogP contribution >= 0.6 is 27.5 Å². The van der Waals surface area contributed by atoms with Gasteiger partial charge in [0, 0.05) is 19.2 Å². The van der Waals surface area contributed by atoms with Gasteiger partial charge in [0.05, 0.1) is 20.9 Å². The third-order valence-electron chi connectivity index (χ3n) is 2.81. The molecule has 108 valence electrons. The van der Waals surface area contributed by atoms with Crippen molar-refractivity contribution >= 4 is 44.6 Å². The topological polar surface area (TPSA) is 72.9 Å². The van der Waals surface area contributed by atoms with Crippen molar-refractivity contribution in [3.63, 3.8) is 0 Å². The van der Waals surface area contributed by atoms with Gasteiger partial charge < -0.3 is 15.6 Å². The molecule has 1 aromatic heterocycles. The number of carbonyl (C=O) groups excluding carboxylic acids is 1. The van der Waals surface area contributed by atoms with Gasteiger partial charge in [-0.25, -0.2) is 14.2 Å². The Balaban J connectivity index is 2.45. The lowest BCUT2D eigenvalue weighted by atomic mass is 10.3. The van der Waals surface area contributed by atoms with Gasteiger partial charge in [-0.05, 0) is 28.9 Å². The Bertz CT molecular complexity index is 658. The van der Waals surface area contributed by atoms with Crippen molar-refractivity contribution in [2.24, 2.45) is 5.73 Å². The summed E-state index contributed by atoms with van der Waals surface area (Å²) in [6.07, 6.45) is 0. The van der Waals surface area contributed by atoms with Crippen molar-refractivity contribution in [2.75, 3.05) is 6.54 Å². The maximum Gasteiger partial charge on any atom is 0.312 e. The van der Waals surface area contributed by atoms with E-state index in [1.807, 2.05) is 0 Å². The fourth-order valence-electron chi connectivity index (χ4n) is 1.97. The second-order valence-electron chi connectivity index (χ2n) is 4.28. The second-order valence-corrected chi connectivity index (χ2v) is 5.79. The molecule has 2 rings (SSSR count).